The molecule has 5 aromatic rings. The fourth-order valence-electron chi connectivity index (χ4n) is 11.8. The molecule has 0 fully saturated rings. The fraction of sp³-hybridized carbons (Fsp3) is 0.500. The molecule has 0 atom stereocenters. The van der Waals surface area contributed by atoms with Crippen molar-refractivity contribution in [2.75, 3.05) is 62.3 Å². The minimum absolute atomic E-state index is 0.201. The van der Waals surface area contributed by atoms with Gasteiger partial charge in [-0.05, 0) is 127 Å². The van der Waals surface area contributed by atoms with Gasteiger partial charge < -0.3 is 23.9 Å². The molecule has 2 aliphatic rings. The molecule has 0 aliphatic carbocycles. The number of unbranched alkanes of at least 4 members (excludes halogenated alkanes) is 6. The number of hydrogen-bond acceptors (Lipinski definition) is 9. The summed E-state index contributed by atoms with van der Waals surface area (Å²) in [4.78, 5) is 2.19. The molecule has 0 unspecified atom stereocenters. The number of ether oxygens (including phenoxy) is 1. The van der Waals surface area contributed by atoms with Crippen molar-refractivity contribution in [3.05, 3.63) is 144 Å². The van der Waals surface area contributed by atoms with Crippen LogP contribution in [0, 0.1) is 0 Å². The molecule has 424 valence electrons. The van der Waals surface area contributed by atoms with Crippen LogP contribution >= 0.6 is 12.0 Å². The van der Waals surface area contributed by atoms with Gasteiger partial charge in [0, 0.05) is 71.0 Å². The van der Waals surface area contributed by atoms with E-state index in [4.69, 9.17) is 4.74 Å². The Labute approximate surface area is 473 Å². The molecule has 10 nitrogen and oxygen atoms in total. The lowest BCUT2D eigenvalue weighted by Gasteiger charge is -2.39. The monoisotopic (exact) mass is 1100 g/mol. The molecule has 7 rings (SSSR count). The third-order valence-corrected chi connectivity index (χ3v) is 17.3. The molecule has 2 aliphatic heterocycles. The SMILES string of the molecule is CCCCCOc1cccc(C(=C\C=C2\N(CCCS(=O)(=O)[O-])c3ccc4ccccc4c3C2(C)C)/C=C/C2=[N+](CCCSOO[O-])c3ccc4ccccc4c3C2(C)C)c1.CCCC[N+](CCCC)(CCCC)CCCC. The van der Waals surface area contributed by atoms with Crippen molar-refractivity contribution in [1.82, 2.24) is 0 Å². The Hall–Kier alpha value is -4.79. The maximum absolute atomic E-state index is 11.8. The maximum Gasteiger partial charge on any atom is 0.210 e. The van der Waals surface area contributed by atoms with Crippen LogP contribution in [-0.2, 0) is 30.3 Å². The zero-order valence-corrected chi connectivity index (χ0v) is 50.3. The van der Waals surface area contributed by atoms with Crippen LogP contribution in [0.15, 0.2) is 127 Å². The minimum Gasteiger partial charge on any atom is -0.748 e. The Balaban J connectivity index is 0.000000498. The summed E-state index contributed by atoms with van der Waals surface area (Å²) in [5, 5.41) is 18.8. The van der Waals surface area contributed by atoms with Gasteiger partial charge in [0.2, 0.25) is 5.69 Å². The lowest BCUT2D eigenvalue weighted by molar-refractivity contribution is -0.929. The number of allylic oxidation sites excluding steroid dienone is 6. The standard InChI is InChI=1S/C50H56N2O7S2.C16H36N/c1-6-7-12-32-57-40-19-13-18-39(35-40)36(24-28-45-49(2,3)47-41-20-10-8-16-37(41)22-26-43(47)51(45)30-14-33-60-59-58-53)25-29-46-50(4,5)48-42-21-11-9-17-38(42)23-27-44(48)52(46)31-15-34-61(54,55)56;1-5-9-13-17(14-10-6-2,15-11-7-3)16-12-8-4/h8-11,13,16-29,35H,6-7,12,14-15,30-34H2,1-5H3,(H-,53,54,55,56);5-16H2,1-4H3/q;+1/p-1. The molecular weight excluding hydrogens is 1010 g/mol. The van der Waals surface area contributed by atoms with Gasteiger partial charge in [0.25, 0.3) is 0 Å². The van der Waals surface area contributed by atoms with E-state index < -0.39 is 21.3 Å². The molecule has 0 saturated carbocycles. The topological polar surface area (TPSA) is 114 Å². The molecule has 0 N–H and O–H groups in total. The van der Waals surface area contributed by atoms with Gasteiger partial charge in [-0.3, -0.25) is 5.04 Å². The average Bonchev–Trinajstić information content (AvgIpc) is 3.97. The predicted molar refractivity (Wildman–Crippen MR) is 326 cm³/mol. The van der Waals surface area contributed by atoms with Crippen LogP contribution in [0.25, 0.3) is 27.1 Å². The Kier molecular flexibility index (Phi) is 24.1. The van der Waals surface area contributed by atoms with Crippen LogP contribution in [0.5, 0.6) is 5.75 Å². The molecule has 0 bridgehead atoms. The van der Waals surface area contributed by atoms with Crippen molar-refractivity contribution in [3.63, 3.8) is 0 Å². The van der Waals surface area contributed by atoms with E-state index in [2.05, 4.69) is 184 Å². The summed E-state index contributed by atoms with van der Waals surface area (Å²) in [6, 6.07) is 33.7. The maximum atomic E-state index is 11.8. The Morgan fingerprint density at radius 1 is 0.692 bits per heavy atom. The third-order valence-electron chi connectivity index (χ3n) is 15.9. The van der Waals surface area contributed by atoms with E-state index in [9.17, 15) is 18.2 Å². The van der Waals surface area contributed by atoms with Crippen molar-refractivity contribution < 1.29 is 41.4 Å². The molecule has 0 spiro atoms. The normalized spacial score (nSPS) is 15.7. The van der Waals surface area contributed by atoms with E-state index in [1.54, 1.807) is 0 Å². The number of quaternary nitrogens is 1. The summed E-state index contributed by atoms with van der Waals surface area (Å²) in [5.74, 6) is 0.945. The number of benzene rings is 5. The van der Waals surface area contributed by atoms with Gasteiger partial charge in [-0.2, -0.15) is 8.91 Å². The highest BCUT2D eigenvalue weighted by Gasteiger charge is 2.46. The molecule has 2 heterocycles. The van der Waals surface area contributed by atoms with Gasteiger partial charge >= 0.3 is 0 Å². The molecule has 78 heavy (non-hydrogen) atoms. The predicted octanol–water partition coefficient (Wildman–Crippen LogP) is 15.5. The van der Waals surface area contributed by atoms with Gasteiger partial charge in [0.15, 0.2) is 5.71 Å². The van der Waals surface area contributed by atoms with Crippen LogP contribution in [0.1, 0.15) is 162 Å². The summed E-state index contributed by atoms with van der Waals surface area (Å²) >= 11 is 1.00. The van der Waals surface area contributed by atoms with Crippen molar-refractivity contribution in [1.29, 1.82) is 0 Å². The first-order valence-electron chi connectivity index (χ1n) is 29.3. The van der Waals surface area contributed by atoms with Gasteiger partial charge in [0.05, 0.1) is 48.3 Å². The number of rotatable bonds is 31. The Morgan fingerprint density at radius 3 is 1.90 bits per heavy atom. The van der Waals surface area contributed by atoms with Gasteiger partial charge in [-0.25, -0.2) is 8.42 Å². The second-order valence-electron chi connectivity index (χ2n) is 22.5. The highest BCUT2D eigenvalue weighted by molar-refractivity contribution is 7.94. The lowest BCUT2D eigenvalue weighted by atomic mass is 9.79. The van der Waals surface area contributed by atoms with Gasteiger partial charge in [-0.1, -0.05) is 160 Å². The number of anilines is 1. The summed E-state index contributed by atoms with van der Waals surface area (Å²) in [5.41, 5.74) is 7.88. The first-order valence-corrected chi connectivity index (χ1v) is 31.8. The Morgan fingerprint density at radius 2 is 1.29 bits per heavy atom. The van der Waals surface area contributed by atoms with E-state index in [1.807, 2.05) is 18.2 Å². The van der Waals surface area contributed by atoms with Crippen molar-refractivity contribution in [2.24, 2.45) is 0 Å². The molecule has 12 heteroatoms. The average molecular weight is 1100 g/mol. The quantitative estimate of drug-likeness (QED) is 0.00625. The Bertz CT molecular complexity index is 2920. The third kappa shape index (κ3) is 16.2. The summed E-state index contributed by atoms with van der Waals surface area (Å²) in [6.45, 7) is 27.9. The van der Waals surface area contributed by atoms with Crippen molar-refractivity contribution in [2.45, 2.75) is 157 Å². The van der Waals surface area contributed by atoms with Gasteiger partial charge in [-0.15, -0.1) is 0 Å². The molecule has 0 amide bonds. The van der Waals surface area contributed by atoms with Crippen LogP contribution in [0.4, 0.5) is 11.4 Å². The smallest absolute Gasteiger partial charge is 0.210 e. The van der Waals surface area contributed by atoms with Crippen LogP contribution in [0.3, 0.4) is 0 Å². The highest BCUT2D eigenvalue weighted by Crippen LogP contribution is 2.51. The largest absolute Gasteiger partial charge is 0.748 e. The lowest BCUT2D eigenvalue weighted by Crippen LogP contribution is -2.50. The first kappa shape index (κ1) is 62.4. The van der Waals surface area contributed by atoms with Crippen LogP contribution in [0.2, 0.25) is 0 Å². The fourth-order valence-corrected chi connectivity index (χ4v) is 12.7. The number of nitrogens with zero attached hydrogens (tertiary/aromatic N) is 3. The first-order chi connectivity index (χ1) is 37.6. The summed E-state index contributed by atoms with van der Waals surface area (Å²) in [7, 11) is -4.38. The second kappa shape index (κ2) is 30.1. The number of hydrogen-bond donors (Lipinski definition) is 0. The minimum atomic E-state index is -4.38. The summed E-state index contributed by atoms with van der Waals surface area (Å²) in [6.07, 6.45) is 23.9. The van der Waals surface area contributed by atoms with Crippen molar-refractivity contribution >= 4 is 66.4 Å². The summed E-state index contributed by atoms with van der Waals surface area (Å²) < 4.78 is 50.0. The second-order valence-corrected chi connectivity index (χ2v) is 24.8. The zero-order valence-electron chi connectivity index (χ0n) is 48.6. The van der Waals surface area contributed by atoms with Crippen LogP contribution in [-0.4, -0.2) is 85.1 Å². The molecular formula is C66H91N3O7S2. The van der Waals surface area contributed by atoms with E-state index in [0.29, 0.717) is 25.4 Å². The van der Waals surface area contributed by atoms with E-state index >= 15 is 0 Å². The number of fused-ring (bicyclic) bond motifs is 6. The molecule has 0 saturated heterocycles. The highest BCUT2D eigenvalue weighted by atomic mass is 32.2. The van der Waals surface area contributed by atoms with Gasteiger partial charge in [0.1, 0.15) is 12.3 Å². The zero-order chi connectivity index (χ0) is 56.2. The molecule has 0 radical (unpaired) electrons. The van der Waals surface area contributed by atoms with E-state index in [0.717, 1.165) is 88.2 Å². The van der Waals surface area contributed by atoms with E-state index in [-0.39, 0.29) is 11.8 Å². The van der Waals surface area contributed by atoms with Crippen LogP contribution < -0.4 is 14.9 Å². The van der Waals surface area contributed by atoms with Crippen molar-refractivity contribution in [3.8, 4) is 5.75 Å². The molecule has 0 aromatic heterocycles. The van der Waals surface area contributed by atoms with E-state index in [1.165, 1.54) is 104 Å². The molecule has 5 aromatic carbocycles.